The molecule has 2 atom stereocenters. The highest BCUT2D eigenvalue weighted by molar-refractivity contribution is 5.24. The average molecular weight is 120 g/mol. The van der Waals surface area contributed by atoms with Crippen LogP contribution in [0.4, 0.5) is 0 Å². The largest absolute Gasteiger partial charge is 0.0956 e. The first kappa shape index (κ1) is 5.28. The van der Waals surface area contributed by atoms with Crippen molar-refractivity contribution in [1.29, 1.82) is 0 Å². The molecule has 0 aromatic heterocycles. The number of rotatable bonds is 0. The normalized spacial score (nSPS) is 39.8. The van der Waals surface area contributed by atoms with E-state index < -0.39 is 0 Å². The third-order valence-electron chi connectivity index (χ3n) is 2.58. The topological polar surface area (TPSA) is 0 Å². The molecular formula is C9H12. The quantitative estimate of drug-likeness (QED) is 0.461. The fourth-order valence-corrected chi connectivity index (χ4v) is 1.92. The Morgan fingerprint density at radius 2 is 2.33 bits per heavy atom. The van der Waals surface area contributed by atoms with E-state index in [2.05, 4.69) is 18.7 Å². The molecule has 2 aliphatic carbocycles. The summed E-state index contributed by atoms with van der Waals surface area (Å²) in [6, 6.07) is 0. The molecule has 2 bridgehead atoms. The van der Waals surface area contributed by atoms with Crippen LogP contribution in [0.25, 0.3) is 0 Å². The molecule has 48 valence electrons. The van der Waals surface area contributed by atoms with Crippen LogP contribution < -0.4 is 0 Å². The molecule has 0 N–H and O–H groups in total. The zero-order chi connectivity index (χ0) is 6.27. The number of hydrogen-bond donors (Lipinski definition) is 0. The maximum Gasteiger partial charge on any atom is -0.0162 e. The Kier molecular flexibility index (Phi) is 1.01. The highest BCUT2D eigenvalue weighted by Crippen LogP contribution is 2.39. The molecule has 0 spiro atoms. The second kappa shape index (κ2) is 1.73. The minimum atomic E-state index is 0.847. The summed E-state index contributed by atoms with van der Waals surface area (Å²) in [7, 11) is 0. The molecule has 0 heteroatoms. The zero-order valence-corrected chi connectivity index (χ0v) is 5.64. The highest BCUT2D eigenvalue weighted by Gasteiger charge is 2.26. The van der Waals surface area contributed by atoms with Gasteiger partial charge in [-0.1, -0.05) is 24.3 Å². The van der Waals surface area contributed by atoms with Gasteiger partial charge in [0, 0.05) is 0 Å². The summed E-state index contributed by atoms with van der Waals surface area (Å²) in [5, 5.41) is 0. The van der Waals surface area contributed by atoms with Gasteiger partial charge in [0.25, 0.3) is 0 Å². The lowest BCUT2D eigenvalue weighted by Gasteiger charge is -2.13. The maximum absolute atomic E-state index is 4.01. The lowest BCUT2D eigenvalue weighted by atomic mass is 9.92. The van der Waals surface area contributed by atoms with Crippen LogP contribution >= 0.6 is 0 Å². The van der Waals surface area contributed by atoms with Crippen molar-refractivity contribution < 1.29 is 0 Å². The first-order chi connectivity index (χ1) is 4.36. The van der Waals surface area contributed by atoms with Crippen molar-refractivity contribution in [3.8, 4) is 0 Å². The van der Waals surface area contributed by atoms with Crippen molar-refractivity contribution in [1.82, 2.24) is 0 Å². The first-order valence-corrected chi connectivity index (χ1v) is 3.73. The van der Waals surface area contributed by atoms with Crippen molar-refractivity contribution in [3.63, 3.8) is 0 Å². The van der Waals surface area contributed by atoms with Gasteiger partial charge in [-0.05, 0) is 31.1 Å². The molecular weight excluding hydrogens is 108 g/mol. The van der Waals surface area contributed by atoms with Crippen molar-refractivity contribution >= 4 is 0 Å². The molecule has 1 saturated carbocycles. The monoisotopic (exact) mass is 120 g/mol. The van der Waals surface area contributed by atoms with Gasteiger partial charge in [-0.25, -0.2) is 0 Å². The Balaban J connectivity index is 2.29. The fourth-order valence-electron chi connectivity index (χ4n) is 1.92. The Hall–Kier alpha value is -0.520. The molecule has 0 aliphatic heterocycles. The van der Waals surface area contributed by atoms with Crippen LogP contribution in [0, 0.1) is 11.8 Å². The van der Waals surface area contributed by atoms with Crippen molar-refractivity contribution in [2.45, 2.75) is 19.3 Å². The third-order valence-corrected chi connectivity index (χ3v) is 2.58. The van der Waals surface area contributed by atoms with Gasteiger partial charge < -0.3 is 0 Å². The van der Waals surface area contributed by atoms with E-state index in [1.165, 1.54) is 24.8 Å². The molecule has 0 saturated heterocycles. The van der Waals surface area contributed by atoms with E-state index in [0.717, 1.165) is 11.8 Å². The number of fused-ring (bicyclic) bond motifs is 2. The van der Waals surface area contributed by atoms with Crippen LogP contribution in [0.2, 0.25) is 0 Å². The van der Waals surface area contributed by atoms with Gasteiger partial charge in [0.15, 0.2) is 0 Å². The fraction of sp³-hybridized carbons (Fsp3) is 0.556. The van der Waals surface area contributed by atoms with Gasteiger partial charge in [-0.3, -0.25) is 0 Å². The van der Waals surface area contributed by atoms with E-state index in [1.807, 2.05) is 0 Å². The molecule has 2 aliphatic rings. The molecule has 0 radical (unpaired) electrons. The minimum absolute atomic E-state index is 0.847. The summed E-state index contributed by atoms with van der Waals surface area (Å²) >= 11 is 0. The van der Waals surface area contributed by atoms with Crippen LogP contribution in [-0.2, 0) is 0 Å². The Labute approximate surface area is 56.3 Å². The molecule has 9 heavy (non-hydrogen) atoms. The smallest absolute Gasteiger partial charge is 0.0162 e. The molecule has 2 rings (SSSR count). The lowest BCUT2D eigenvalue weighted by molar-refractivity contribution is 0.603. The molecule has 0 nitrogen and oxygen atoms in total. The molecule has 0 aromatic carbocycles. The van der Waals surface area contributed by atoms with Crippen LogP contribution in [-0.4, -0.2) is 0 Å². The molecule has 1 fully saturated rings. The van der Waals surface area contributed by atoms with Crippen LogP contribution in [0.3, 0.4) is 0 Å². The van der Waals surface area contributed by atoms with E-state index in [-0.39, 0.29) is 0 Å². The molecule has 0 aromatic rings. The van der Waals surface area contributed by atoms with Gasteiger partial charge in [-0.2, -0.15) is 0 Å². The summed E-state index contributed by atoms with van der Waals surface area (Å²) in [4.78, 5) is 0. The molecule has 2 unspecified atom stereocenters. The van der Waals surface area contributed by atoms with E-state index in [0.29, 0.717) is 0 Å². The second-order valence-corrected chi connectivity index (χ2v) is 3.20. The maximum atomic E-state index is 4.01. The van der Waals surface area contributed by atoms with E-state index >= 15 is 0 Å². The standard InChI is InChI=1S/C9H12/c1-7-2-3-8-4-5-9(7)6-8/h2-3,8-9H,1,4-6H2. The Morgan fingerprint density at radius 3 is 3.11 bits per heavy atom. The summed E-state index contributed by atoms with van der Waals surface area (Å²) in [6.07, 6.45) is 8.71. The van der Waals surface area contributed by atoms with Gasteiger partial charge in [0.1, 0.15) is 0 Å². The van der Waals surface area contributed by atoms with Crippen LogP contribution in [0.5, 0.6) is 0 Å². The zero-order valence-electron chi connectivity index (χ0n) is 5.64. The average Bonchev–Trinajstić information content (AvgIpc) is 2.25. The Morgan fingerprint density at radius 1 is 1.44 bits per heavy atom. The minimum Gasteiger partial charge on any atom is -0.0956 e. The van der Waals surface area contributed by atoms with Crippen molar-refractivity contribution in [3.05, 3.63) is 24.3 Å². The second-order valence-electron chi connectivity index (χ2n) is 3.20. The predicted octanol–water partition coefficient (Wildman–Crippen LogP) is 2.53. The summed E-state index contributed by atoms with van der Waals surface area (Å²) < 4.78 is 0. The summed E-state index contributed by atoms with van der Waals surface area (Å²) in [5.41, 5.74) is 1.36. The SMILES string of the molecule is C=C1C=CC2CCC1C2. The molecule has 0 heterocycles. The molecule has 0 amide bonds. The summed E-state index contributed by atoms with van der Waals surface area (Å²) in [6.45, 7) is 4.01. The number of hydrogen-bond acceptors (Lipinski definition) is 0. The van der Waals surface area contributed by atoms with Crippen LogP contribution in [0.1, 0.15) is 19.3 Å². The van der Waals surface area contributed by atoms with E-state index in [1.54, 1.807) is 0 Å². The van der Waals surface area contributed by atoms with Crippen molar-refractivity contribution in [2.75, 3.05) is 0 Å². The van der Waals surface area contributed by atoms with Gasteiger partial charge in [0.2, 0.25) is 0 Å². The number of allylic oxidation sites excluding steroid dienone is 3. The van der Waals surface area contributed by atoms with Gasteiger partial charge in [0.05, 0.1) is 0 Å². The van der Waals surface area contributed by atoms with E-state index in [4.69, 9.17) is 0 Å². The van der Waals surface area contributed by atoms with E-state index in [9.17, 15) is 0 Å². The Bertz CT molecular complexity index is 165. The third kappa shape index (κ3) is 0.735. The lowest BCUT2D eigenvalue weighted by Crippen LogP contribution is -2.00. The van der Waals surface area contributed by atoms with Crippen molar-refractivity contribution in [2.24, 2.45) is 11.8 Å². The summed E-state index contributed by atoms with van der Waals surface area (Å²) in [5.74, 6) is 1.75. The van der Waals surface area contributed by atoms with Gasteiger partial charge >= 0.3 is 0 Å². The van der Waals surface area contributed by atoms with Crippen LogP contribution in [0.15, 0.2) is 24.3 Å². The predicted molar refractivity (Wildman–Crippen MR) is 39.1 cm³/mol. The van der Waals surface area contributed by atoms with Gasteiger partial charge in [-0.15, -0.1) is 0 Å². The first-order valence-electron chi connectivity index (χ1n) is 3.73. The highest BCUT2D eigenvalue weighted by atomic mass is 14.3.